The molecule has 0 bridgehead atoms. The van der Waals surface area contributed by atoms with Gasteiger partial charge in [0.05, 0.1) is 13.7 Å². The van der Waals surface area contributed by atoms with Crippen LogP contribution in [0.1, 0.15) is 19.4 Å². The van der Waals surface area contributed by atoms with Gasteiger partial charge in [0.25, 0.3) is 5.88 Å². The lowest BCUT2D eigenvalue weighted by atomic mass is 10.0. The Kier molecular flexibility index (Phi) is 3.92. The number of hydrogen-bond donors (Lipinski definition) is 0. The first-order chi connectivity index (χ1) is 10.7. The second kappa shape index (κ2) is 6.02. The Hall–Kier alpha value is -2.62. The van der Waals surface area contributed by atoms with Crippen molar-refractivity contribution in [2.24, 2.45) is 4.99 Å². The van der Waals surface area contributed by atoms with Gasteiger partial charge in [0.2, 0.25) is 0 Å². The summed E-state index contributed by atoms with van der Waals surface area (Å²) in [6, 6.07) is 11.6. The molecular formula is C18H18N2O2. The van der Waals surface area contributed by atoms with Crippen molar-refractivity contribution in [2.75, 3.05) is 13.7 Å². The molecule has 4 nitrogen and oxygen atoms in total. The van der Waals surface area contributed by atoms with Crippen molar-refractivity contribution in [2.45, 2.75) is 13.8 Å². The van der Waals surface area contributed by atoms with Crippen LogP contribution in [-0.4, -0.2) is 24.4 Å². The van der Waals surface area contributed by atoms with E-state index in [1.807, 2.05) is 43.3 Å². The average molecular weight is 294 g/mol. The molecule has 1 aromatic carbocycles. The minimum atomic E-state index is 0.471. The van der Waals surface area contributed by atoms with E-state index in [0.717, 1.165) is 29.1 Å². The molecule has 1 aliphatic rings. The third-order valence-corrected chi connectivity index (χ3v) is 3.61. The maximum absolute atomic E-state index is 5.92. The molecule has 0 radical (unpaired) electrons. The average Bonchev–Trinajstić information content (AvgIpc) is 2.87. The Morgan fingerprint density at radius 3 is 2.50 bits per heavy atom. The molecule has 1 aromatic heterocycles. The van der Waals surface area contributed by atoms with Crippen molar-refractivity contribution >= 4 is 11.3 Å². The summed E-state index contributed by atoms with van der Waals surface area (Å²) in [5, 5.41) is 0. The number of para-hydroxylation sites is 1. The summed E-state index contributed by atoms with van der Waals surface area (Å²) in [5.41, 5.74) is 4.43. The van der Waals surface area contributed by atoms with Crippen molar-refractivity contribution in [3.63, 3.8) is 0 Å². The van der Waals surface area contributed by atoms with Crippen molar-refractivity contribution < 1.29 is 9.47 Å². The topological polar surface area (TPSA) is 43.7 Å². The van der Waals surface area contributed by atoms with Crippen LogP contribution in [0.3, 0.4) is 0 Å². The predicted molar refractivity (Wildman–Crippen MR) is 87.9 cm³/mol. The lowest BCUT2D eigenvalue weighted by Gasteiger charge is -2.12. The van der Waals surface area contributed by atoms with E-state index >= 15 is 0 Å². The van der Waals surface area contributed by atoms with Gasteiger partial charge in [0.15, 0.2) is 5.75 Å². The highest BCUT2D eigenvalue weighted by molar-refractivity contribution is 6.25. The van der Waals surface area contributed by atoms with Gasteiger partial charge >= 0.3 is 0 Å². The van der Waals surface area contributed by atoms with Gasteiger partial charge in [-0.05, 0) is 37.6 Å². The van der Waals surface area contributed by atoms with E-state index in [9.17, 15) is 0 Å². The number of benzene rings is 1. The van der Waals surface area contributed by atoms with Gasteiger partial charge in [-0.25, -0.2) is 4.98 Å². The van der Waals surface area contributed by atoms with Crippen LogP contribution in [-0.2, 0) is 0 Å². The van der Waals surface area contributed by atoms with Gasteiger partial charge in [-0.15, -0.1) is 0 Å². The highest BCUT2D eigenvalue weighted by atomic mass is 16.5. The number of methoxy groups -OCH3 is 1. The molecule has 4 heteroatoms. The van der Waals surface area contributed by atoms with E-state index in [1.54, 1.807) is 13.3 Å². The third-order valence-electron chi connectivity index (χ3n) is 3.61. The van der Waals surface area contributed by atoms with E-state index in [1.165, 1.54) is 5.57 Å². The summed E-state index contributed by atoms with van der Waals surface area (Å²) < 4.78 is 11.2. The van der Waals surface area contributed by atoms with Gasteiger partial charge in [0.1, 0.15) is 5.75 Å². The van der Waals surface area contributed by atoms with Crippen molar-refractivity contribution in [1.29, 1.82) is 0 Å². The number of aliphatic imine (C=N–C) groups is 1. The van der Waals surface area contributed by atoms with E-state index in [0.29, 0.717) is 11.6 Å². The quantitative estimate of drug-likeness (QED) is 0.851. The first-order valence-electron chi connectivity index (χ1n) is 7.17. The molecule has 0 spiro atoms. The monoisotopic (exact) mass is 294 g/mol. The second-order valence-corrected chi connectivity index (χ2v) is 5.20. The lowest BCUT2D eigenvalue weighted by Crippen LogP contribution is -1.99. The van der Waals surface area contributed by atoms with Crippen LogP contribution in [0.2, 0.25) is 0 Å². The van der Waals surface area contributed by atoms with Gasteiger partial charge < -0.3 is 9.47 Å². The Morgan fingerprint density at radius 1 is 1.09 bits per heavy atom. The Balaban J connectivity index is 2.00. The van der Waals surface area contributed by atoms with Crippen LogP contribution in [0.5, 0.6) is 17.4 Å². The molecule has 0 N–H and O–H groups in total. The number of ether oxygens (including phenoxy) is 2. The zero-order valence-electron chi connectivity index (χ0n) is 13.0. The third kappa shape index (κ3) is 2.72. The fourth-order valence-electron chi connectivity index (χ4n) is 2.57. The number of hydrogen-bond acceptors (Lipinski definition) is 4. The van der Waals surface area contributed by atoms with Crippen LogP contribution in [0.15, 0.2) is 53.2 Å². The smallest absolute Gasteiger partial charge is 0.257 e. The van der Waals surface area contributed by atoms with Crippen LogP contribution < -0.4 is 9.47 Å². The molecule has 0 saturated heterocycles. The fourth-order valence-corrected chi connectivity index (χ4v) is 2.57. The van der Waals surface area contributed by atoms with Crippen LogP contribution in [0.25, 0.3) is 5.57 Å². The van der Waals surface area contributed by atoms with Crippen molar-refractivity contribution in [3.8, 4) is 17.4 Å². The highest BCUT2D eigenvalue weighted by Crippen LogP contribution is 2.34. The van der Waals surface area contributed by atoms with E-state index < -0.39 is 0 Å². The molecule has 0 atom stereocenters. The van der Waals surface area contributed by atoms with E-state index in [-0.39, 0.29) is 0 Å². The fraction of sp³-hybridized carbons (Fsp3) is 0.222. The van der Waals surface area contributed by atoms with Gasteiger partial charge in [0, 0.05) is 23.0 Å². The summed E-state index contributed by atoms with van der Waals surface area (Å²) in [4.78, 5) is 8.84. The number of nitrogens with zero attached hydrogens (tertiary/aromatic N) is 2. The largest absolute Gasteiger partial charge is 0.478 e. The summed E-state index contributed by atoms with van der Waals surface area (Å²) in [5.74, 6) is 1.83. The molecule has 0 fully saturated rings. The summed E-state index contributed by atoms with van der Waals surface area (Å²) in [6.07, 6.45) is 1.81. The maximum atomic E-state index is 5.92. The highest BCUT2D eigenvalue weighted by Gasteiger charge is 2.18. The standard InChI is InChI=1S/C18H18N2O2/c1-12-10-19-13(2)17(12)14-9-16(18(21-3)20-11-14)22-15-7-5-4-6-8-15/h4-9,11H,10H2,1-3H3. The number of pyridine rings is 1. The molecule has 0 saturated carbocycles. The Bertz CT molecular complexity index is 749. The van der Waals surface area contributed by atoms with E-state index in [4.69, 9.17) is 9.47 Å². The molecular weight excluding hydrogens is 276 g/mol. The molecule has 2 heterocycles. The van der Waals surface area contributed by atoms with E-state index in [2.05, 4.69) is 16.9 Å². The molecule has 112 valence electrons. The molecule has 0 aliphatic carbocycles. The number of aromatic nitrogens is 1. The van der Waals surface area contributed by atoms with Crippen molar-refractivity contribution in [3.05, 3.63) is 53.7 Å². The maximum Gasteiger partial charge on any atom is 0.257 e. The van der Waals surface area contributed by atoms with Gasteiger partial charge in [-0.2, -0.15) is 0 Å². The molecule has 0 amide bonds. The first-order valence-corrected chi connectivity index (χ1v) is 7.17. The zero-order chi connectivity index (χ0) is 15.5. The minimum absolute atomic E-state index is 0.471. The summed E-state index contributed by atoms with van der Waals surface area (Å²) >= 11 is 0. The second-order valence-electron chi connectivity index (χ2n) is 5.20. The number of rotatable bonds is 4. The van der Waals surface area contributed by atoms with Crippen LogP contribution >= 0.6 is 0 Å². The molecule has 0 unspecified atom stereocenters. The molecule has 22 heavy (non-hydrogen) atoms. The zero-order valence-corrected chi connectivity index (χ0v) is 13.0. The first kappa shape index (κ1) is 14.3. The summed E-state index contributed by atoms with van der Waals surface area (Å²) in [7, 11) is 1.59. The van der Waals surface area contributed by atoms with Crippen LogP contribution in [0.4, 0.5) is 0 Å². The minimum Gasteiger partial charge on any atom is -0.478 e. The summed E-state index contributed by atoms with van der Waals surface area (Å²) in [6.45, 7) is 4.87. The van der Waals surface area contributed by atoms with Crippen molar-refractivity contribution in [1.82, 2.24) is 4.98 Å². The lowest BCUT2D eigenvalue weighted by molar-refractivity contribution is 0.363. The molecule has 1 aliphatic heterocycles. The van der Waals surface area contributed by atoms with Gasteiger partial charge in [-0.3, -0.25) is 4.99 Å². The molecule has 2 aromatic rings. The van der Waals surface area contributed by atoms with Gasteiger partial charge in [-0.1, -0.05) is 18.2 Å². The Labute approximate surface area is 130 Å². The Morgan fingerprint density at radius 2 is 1.86 bits per heavy atom. The predicted octanol–water partition coefficient (Wildman–Crippen LogP) is 4.13. The van der Waals surface area contributed by atoms with Crippen LogP contribution in [0, 0.1) is 0 Å². The SMILES string of the molecule is COc1ncc(C2=C(C)CN=C2C)cc1Oc1ccccc1. The number of allylic oxidation sites excluding steroid dienone is 1. The molecule has 3 rings (SSSR count). The normalized spacial score (nSPS) is 14.0.